The first-order valence-corrected chi connectivity index (χ1v) is 8.65. The number of methoxy groups -OCH3 is 1. The maximum atomic E-state index is 11.9. The average Bonchev–Trinajstić information content (AvgIpc) is 3.21. The Morgan fingerprint density at radius 1 is 1.26 bits per heavy atom. The molecule has 1 aromatic carbocycles. The smallest absolute Gasteiger partial charge is 0.307 e. The first-order chi connectivity index (χ1) is 12.9. The highest BCUT2D eigenvalue weighted by molar-refractivity contribution is 5.91. The molecule has 0 saturated carbocycles. The predicted molar refractivity (Wildman–Crippen MR) is 102 cm³/mol. The minimum Gasteiger partial charge on any atom is -0.497 e. The van der Waals surface area contributed by atoms with Gasteiger partial charge in [0.05, 0.1) is 25.4 Å². The second kappa shape index (κ2) is 9.56. The second-order valence-electron chi connectivity index (χ2n) is 6.59. The zero-order chi connectivity index (χ0) is 19.7. The number of carbonyl (C=O) groups excluding carboxylic acids is 2. The fourth-order valence-corrected chi connectivity index (χ4v) is 2.25. The van der Waals surface area contributed by atoms with Crippen LogP contribution in [-0.4, -0.2) is 41.7 Å². The molecule has 0 spiro atoms. The normalized spacial score (nSPS) is 11.4. The van der Waals surface area contributed by atoms with E-state index in [1.54, 1.807) is 25.7 Å². The van der Waals surface area contributed by atoms with Crippen LogP contribution in [0.4, 0.5) is 0 Å². The van der Waals surface area contributed by atoms with E-state index >= 15 is 0 Å². The molecule has 1 aromatic heterocycles. The molecule has 0 saturated heterocycles. The summed E-state index contributed by atoms with van der Waals surface area (Å²) in [6, 6.07) is 7.34. The Morgan fingerprint density at radius 2 is 2.00 bits per heavy atom. The maximum absolute atomic E-state index is 11.9. The van der Waals surface area contributed by atoms with Gasteiger partial charge in [-0.25, -0.2) is 4.98 Å². The maximum Gasteiger partial charge on any atom is 0.307 e. The first kappa shape index (κ1) is 20.2. The number of imidazole rings is 1. The van der Waals surface area contributed by atoms with Crippen molar-refractivity contribution < 1.29 is 19.1 Å². The van der Waals surface area contributed by atoms with Gasteiger partial charge < -0.3 is 19.4 Å². The van der Waals surface area contributed by atoms with E-state index < -0.39 is 0 Å². The summed E-state index contributed by atoms with van der Waals surface area (Å²) in [7, 11) is 1.60. The largest absolute Gasteiger partial charge is 0.497 e. The molecule has 0 radical (unpaired) electrons. The molecule has 0 aliphatic heterocycles. The zero-order valence-corrected chi connectivity index (χ0v) is 15.8. The molecule has 0 atom stereocenters. The number of nitrogens with zero attached hydrogens (tertiary/aromatic N) is 2. The Morgan fingerprint density at radius 3 is 2.63 bits per heavy atom. The van der Waals surface area contributed by atoms with Crippen LogP contribution in [0, 0.1) is 0 Å². The van der Waals surface area contributed by atoms with Gasteiger partial charge in [0.2, 0.25) is 5.91 Å². The number of hydrogen-bond donors (Lipinski definition) is 1. The molecule has 2 rings (SSSR count). The Hall–Kier alpha value is -3.09. The third-order valence-corrected chi connectivity index (χ3v) is 3.96. The summed E-state index contributed by atoms with van der Waals surface area (Å²) in [6.45, 7) is 4.35. The SMILES string of the molecule is COc1ccc(/C=C/C(=O)NCCC(=O)OCC(C)(C)n2ccnc2)cc1. The molecule has 27 heavy (non-hydrogen) atoms. The fraction of sp³-hybridized carbons (Fsp3) is 0.350. The van der Waals surface area contributed by atoms with Gasteiger partial charge in [0, 0.05) is 25.0 Å². The number of aromatic nitrogens is 2. The van der Waals surface area contributed by atoms with Gasteiger partial charge >= 0.3 is 5.97 Å². The van der Waals surface area contributed by atoms with Crippen molar-refractivity contribution in [1.82, 2.24) is 14.9 Å². The van der Waals surface area contributed by atoms with Gasteiger partial charge in [-0.2, -0.15) is 0 Å². The Balaban J connectivity index is 1.68. The standard InChI is InChI=1S/C20H25N3O4/c1-20(2,23-13-12-21-15-23)14-27-19(25)10-11-22-18(24)9-6-16-4-7-17(26-3)8-5-16/h4-9,12-13,15H,10-11,14H2,1-3H3,(H,22,24)/b9-6+. The molecule has 0 unspecified atom stereocenters. The number of nitrogens with one attached hydrogen (secondary N) is 1. The number of rotatable bonds is 9. The molecule has 1 heterocycles. The monoisotopic (exact) mass is 371 g/mol. The summed E-state index contributed by atoms with van der Waals surface area (Å²) >= 11 is 0. The summed E-state index contributed by atoms with van der Waals surface area (Å²) in [5.41, 5.74) is 0.503. The lowest BCUT2D eigenvalue weighted by atomic mass is 10.1. The van der Waals surface area contributed by atoms with Gasteiger partial charge in [-0.1, -0.05) is 12.1 Å². The van der Waals surface area contributed by atoms with Crippen LogP contribution in [0.3, 0.4) is 0 Å². The summed E-state index contributed by atoms with van der Waals surface area (Å²) in [5.74, 6) is 0.131. The van der Waals surface area contributed by atoms with Crippen LogP contribution < -0.4 is 10.1 Å². The molecule has 7 heteroatoms. The minimum atomic E-state index is -0.378. The van der Waals surface area contributed by atoms with E-state index in [4.69, 9.17) is 9.47 Å². The lowest BCUT2D eigenvalue weighted by molar-refractivity contribution is -0.146. The number of esters is 1. The topological polar surface area (TPSA) is 82.5 Å². The Kier molecular flexibility index (Phi) is 7.16. The lowest BCUT2D eigenvalue weighted by Crippen LogP contribution is -2.33. The summed E-state index contributed by atoms with van der Waals surface area (Å²) < 4.78 is 12.3. The summed E-state index contributed by atoms with van der Waals surface area (Å²) in [6.07, 6.45) is 8.42. The van der Waals surface area contributed by atoms with Crippen LogP contribution in [0.5, 0.6) is 5.75 Å². The Bertz CT molecular complexity index is 765. The number of ether oxygens (including phenoxy) is 2. The van der Waals surface area contributed by atoms with Gasteiger partial charge in [-0.3, -0.25) is 9.59 Å². The predicted octanol–water partition coefficient (Wildman–Crippen LogP) is 2.39. The minimum absolute atomic E-state index is 0.113. The van der Waals surface area contributed by atoms with E-state index in [0.717, 1.165) is 11.3 Å². The van der Waals surface area contributed by atoms with Crippen molar-refractivity contribution in [3.63, 3.8) is 0 Å². The molecular formula is C20H25N3O4. The van der Waals surface area contributed by atoms with E-state index in [9.17, 15) is 9.59 Å². The van der Waals surface area contributed by atoms with E-state index in [1.165, 1.54) is 6.08 Å². The van der Waals surface area contributed by atoms with Gasteiger partial charge in [-0.15, -0.1) is 0 Å². The summed E-state index contributed by atoms with van der Waals surface area (Å²) in [4.78, 5) is 27.7. The molecule has 7 nitrogen and oxygen atoms in total. The van der Waals surface area contributed by atoms with Gasteiger partial charge in [0.1, 0.15) is 12.4 Å². The second-order valence-corrected chi connectivity index (χ2v) is 6.59. The van der Waals surface area contributed by atoms with E-state index in [2.05, 4.69) is 10.3 Å². The zero-order valence-electron chi connectivity index (χ0n) is 15.8. The molecule has 0 aliphatic carbocycles. The van der Waals surface area contributed by atoms with Crippen molar-refractivity contribution in [1.29, 1.82) is 0 Å². The van der Waals surface area contributed by atoms with E-state index in [-0.39, 0.29) is 37.0 Å². The molecule has 1 amide bonds. The van der Waals surface area contributed by atoms with Crippen molar-refractivity contribution >= 4 is 18.0 Å². The molecule has 2 aromatic rings. The van der Waals surface area contributed by atoms with Gasteiger partial charge in [0.25, 0.3) is 0 Å². The Labute approximate surface area is 159 Å². The van der Waals surface area contributed by atoms with Gasteiger partial charge in [0.15, 0.2) is 0 Å². The molecular weight excluding hydrogens is 346 g/mol. The molecule has 0 bridgehead atoms. The number of hydrogen-bond acceptors (Lipinski definition) is 5. The van der Waals surface area contributed by atoms with Crippen LogP contribution in [-0.2, 0) is 19.9 Å². The van der Waals surface area contributed by atoms with Crippen LogP contribution in [0.1, 0.15) is 25.8 Å². The van der Waals surface area contributed by atoms with Crippen molar-refractivity contribution in [2.75, 3.05) is 20.3 Å². The van der Waals surface area contributed by atoms with E-state index in [1.807, 2.05) is 48.9 Å². The van der Waals surface area contributed by atoms with Crippen LogP contribution in [0.2, 0.25) is 0 Å². The van der Waals surface area contributed by atoms with Crippen molar-refractivity contribution in [3.8, 4) is 5.75 Å². The third-order valence-electron chi connectivity index (χ3n) is 3.96. The van der Waals surface area contributed by atoms with Crippen molar-refractivity contribution in [2.45, 2.75) is 25.8 Å². The molecule has 144 valence electrons. The quantitative estimate of drug-likeness (QED) is 0.541. The average molecular weight is 371 g/mol. The fourth-order valence-electron chi connectivity index (χ4n) is 2.25. The molecule has 0 fully saturated rings. The van der Waals surface area contributed by atoms with Crippen LogP contribution >= 0.6 is 0 Å². The third kappa shape index (κ3) is 6.62. The van der Waals surface area contributed by atoms with Gasteiger partial charge in [-0.05, 0) is 37.6 Å². The number of carbonyl (C=O) groups is 2. The first-order valence-electron chi connectivity index (χ1n) is 8.65. The number of amides is 1. The molecule has 0 aliphatic rings. The van der Waals surface area contributed by atoms with Crippen LogP contribution in [0.25, 0.3) is 6.08 Å². The highest BCUT2D eigenvalue weighted by Gasteiger charge is 2.21. The molecule has 1 N–H and O–H groups in total. The number of benzene rings is 1. The highest BCUT2D eigenvalue weighted by Crippen LogP contribution is 2.15. The van der Waals surface area contributed by atoms with E-state index in [0.29, 0.717) is 0 Å². The lowest BCUT2D eigenvalue weighted by Gasteiger charge is -2.25. The van der Waals surface area contributed by atoms with Crippen molar-refractivity contribution in [2.24, 2.45) is 0 Å². The van der Waals surface area contributed by atoms with Crippen molar-refractivity contribution in [3.05, 3.63) is 54.6 Å². The highest BCUT2D eigenvalue weighted by atomic mass is 16.5. The van der Waals surface area contributed by atoms with Crippen LogP contribution in [0.15, 0.2) is 49.1 Å². The summed E-state index contributed by atoms with van der Waals surface area (Å²) in [5, 5.41) is 2.66.